The van der Waals surface area contributed by atoms with Gasteiger partial charge in [-0.1, -0.05) is 57.0 Å². The average molecular weight is 448 g/mol. The minimum Gasteiger partial charge on any atom is -0.352 e. The van der Waals surface area contributed by atoms with Crippen molar-refractivity contribution in [3.63, 3.8) is 0 Å². The fourth-order valence-corrected chi connectivity index (χ4v) is 5.16. The summed E-state index contributed by atoms with van der Waals surface area (Å²) in [6.07, 6.45) is 2.19. The van der Waals surface area contributed by atoms with Gasteiger partial charge in [-0.05, 0) is 43.9 Å². The van der Waals surface area contributed by atoms with Crippen molar-refractivity contribution < 1.29 is 0 Å². The molecule has 4 rings (SSSR count). The van der Waals surface area contributed by atoms with Crippen molar-refractivity contribution in [3.05, 3.63) is 63.7 Å². The largest absolute Gasteiger partial charge is 0.352 e. The number of anilines is 1. The van der Waals surface area contributed by atoms with E-state index in [1.165, 1.54) is 11.1 Å². The Hall–Kier alpha value is -2.73. The van der Waals surface area contributed by atoms with E-state index in [9.17, 15) is 4.79 Å². The number of hydrogen-bond donors (Lipinski definition) is 0. The molecule has 3 heterocycles. The van der Waals surface area contributed by atoms with Crippen LogP contribution in [-0.4, -0.2) is 45.1 Å². The molecule has 33 heavy (non-hydrogen) atoms. The Labute approximate surface area is 197 Å². The molecular weight excluding hydrogens is 410 g/mol. The molecule has 1 aliphatic heterocycles. The number of aryl methyl sites for hydroxylation is 3. The Kier molecular flexibility index (Phi) is 6.84. The summed E-state index contributed by atoms with van der Waals surface area (Å²) in [7, 11) is 1.77. The Bertz CT molecular complexity index is 1170. The number of aromatic nitrogens is 3. The molecule has 0 aliphatic carbocycles. The molecule has 0 spiro atoms. The van der Waals surface area contributed by atoms with Crippen molar-refractivity contribution in [3.8, 4) is 0 Å². The molecule has 2 aromatic heterocycles. The summed E-state index contributed by atoms with van der Waals surface area (Å²) < 4.78 is 1.60. The Morgan fingerprint density at radius 3 is 2.39 bits per heavy atom. The van der Waals surface area contributed by atoms with Crippen molar-refractivity contribution in [1.82, 2.24) is 19.4 Å². The summed E-state index contributed by atoms with van der Waals surface area (Å²) >= 11 is 0. The topological polar surface area (TPSA) is 54.3 Å². The van der Waals surface area contributed by atoms with Gasteiger partial charge in [0.2, 0.25) is 0 Å². The van der Waals surface area contributed by atoms with E-state index >= 15 is 0 Å². The van der Waals surface area contributed by atoms with Crippen molar-refractivity contribution in [2.75, 3.05) is 24.5 Å². The molecule has 1 aromatic carbocycles. The molecule has 3 aromatic rings. The molecule has 0 radical (unpaired) electrons. The third-order valence-electron chi connectivity index (χ3n) is 7.39. The lowest BCUT2D eigenvalue weighted by atomic mass is 9.91. The van der Waals surface area contributed by atoms with Gasteiger partial charge < -0.3 is 4.90 Å². The van der Waals surface area contributed by atoms with Gasteiger partial charge in [-0.3, -0.25) is 9.47 Å². The Morgan fingerprint density at radius 2 is 1.73 bits per heavy atom. The highest BCUT2D eigenvalue weighted by Gasteiger charge is 2.36. The second-order valence-electron chi connectivity index (χ2n) is 9.57. The van der Waals surface area contributed by atoms with E-state index in [4.69, 9.17) is 4.98 Å². The van der Waals surface area contributed by atoms with Gasteiger partial charge in [-0.15, -0.1) is 0 Å². The first-order valence-corrected chi connectivity index (χ1v) is 12.3. The second-order valence-corrected chi connectivity index (χ2v) is 9.57. The van der Waals surface area contributed by atoms with Crippen LogP contribution in [0.5, 0.6) is 0 Å². The average Bonchev–Trinajstić information content (AvgIpc) is 2.82. The first-order valence-electron chi connectivity index (χ1n) is 12.3. The Morgan fingerprint density at radius 1 is 1.00 bits per heavy atom. The molecule has 0 N–H and O–H groups in total. The standard InChI is InChI=1S/C27H37N5O/c1-7-19(4)24-17-31(15-16-32(24)22(8-2)21-12-9-18(3)10-13-21)26-25-23(14-11-20(5)28-25)30(6)27(33)29-26/h9-14,19,22,24H,7-8,15-17H2,1-6H3/t19-,22?,24?/m0/s1. The van der Waals surface area contributed by atoms with Gasteiger partial charge in [-0.25, -0.2) is 9.78 Å². The van der Waals surface area contributed by atoms with Gasteiger partial charge in [0, 0.05) is 44.5 Å². The van der Waals surface area contributed by atoms with Gasteiger partial charge in [0.05, 0.1) is 5.52 Å². The molecule has 6 nitrogen and oxygen atoms in total. The van der Waals surface area contributed by atoms with E-state index in [0.717, 1.165) is 55.0 Å². The summed E-state index contributed by atoms with van der Waals surface area (Å²) in [6, 6.07) is 13.7. The van der Waals surface area contributed by atoms with Crippen LogP contribution in [0, 0.1) is 19.8 Å². The molecule has 1 fully saturated rings. The summed E-state index contributed by atoms with van der Waals surface area (Å²) in [5, 5.41) is 0. The van der Waals surface area contributed by atoms with Crippen LogP contribution in [0.25, 0.3) is 11.0 Å². The highest BCUT2D eigenvalue weighted by atomic mass is 16.1. The number of piperazine rings is 1. The lowest BCUT2D eigenvalue weighted by Gasteiger charge is -2.48. The highest BCUT2D eigenvalue weighted by Crippen LogP contribution is 2.34. The van der Waals surface area contributed by atoms with Crippen LogP contribution < -0.4 is 10.6 Å². The maximum absolute atomic E-state index is 12.7. The van der Waals surface area contributed by atoms with Gasteiger partial charge in [-0.2, -0.15) is 4.98 Å². The van der Waals surface area contributed by atoms with E-state index in [1.807, 2.05) is 19.1 Å². The smallest absolute Gasteiger partial charge is 0.349 e. The summed E-state index contributed by atoms with van der Waals surface area (Å²) in [5.74, 6) is 1.26. The molecular formula is C27H37N5O. The number of rotatable bonds is 6. The minimum atomic E-state index is -0.225. The summed E-state index contributed by atoms with van der Waals surface area (Å²) in [6.45, 7) is 13.7. The van der Waals surface area contributed by atoms with Crippen LogP contribution in [0.1, 0.15) is 56.5 Å². The number of hydrogen-bond acceptors (Lipinski definition) is 5. The molecule has 176 valence electrons. The maximum atomic E-state index is 12.7. The fraction of sp³-hybridized carbons (Fsp3) is 0.519. The molecule has 1 aliphatic rings. The zero-order valence-electron chi connectivity index (χ0n) is 20.9. The summed E-state index contributed by atoms with van der Waals surface area (Å²) in [5.41, 5.74) is 5.05. The van der Waals surface area contributed by atoms with E-state index in [1.54, 1.807) is 11.6 Å². The van der Waals surface area contributed by atoms with Crippen molar-refractivity contribution in [2.45, 2.75) is 59.5 Å². The van der Waals surface area contributed by atoms with E-state index < -0.39 is 0 Å². The third kappa shape index (κ3) is 4.54. The van der Waals surface area contributed by atoms with Crippen molar-refractivity contribution in [1.29, 1.82) is 0 Å². The molecule has 3 atom stereocenters. The lowest BCUT2D eigenvalue weighted by Crippen LogP contribution is -2.57. The van der Waals surface area contributed by atoms with Gasteiger partial charge in [0.1, 0.15) is 5.52 Å². The number of pyridine rings is 1. The molecule has 0 amide bonds. The zero-order chi connectivity index (χ0) is 23.7. The molecule has 2 unspecified atom stereocenters. The van der Waals surface area contributed by atoms with E-state index in [-0.39, 0.29) is 5.69 Å². The predicted octanol–water partition coefficient (Wildman–Crippen LogP) is 4.63. The highest BCUT2D eigenvalue weighted by molar-refractivity contribution is 5.86. The molecule has 0 saturated carbocycles. The maximum Gasteiger partial charge on any atom is 0.349 e. The fourth-order valence-electron chi connectivity index (χ4n) is 5.16. The quantitative estimate of drug-likeness (QED) is 0.551. The molecule has 6 heteroatoms. The number of fused-ring (bicyclic) bond motifs is 1. The van der Waals surface area contributed by atoms with Crippen LogP contribution in [0.4, 0.5) is 5.82 Å². The van der Waals surface area contributed by atoms with Crippen molar-refractivity contribution >= 4 is 16.9 Å². The normalized spacial score (nSPS) is 19.1. The minimum absolute atomic E-state index is 0.225. The first-order chi connectivity index (χ1) is 15.8. The van der Waals surface area contributed by atoms with Crippen LogP contribution in [0.15, 0.2) is 41.2 Å². The van der Waals surface area contributed by atoms with Crippen LogP contribution in [0.3, 0.4) is 0 Å². The Balaban J connectivity index is 1.72. The monoisotopic (exact) mass is 447 g/mol. The molecule has 1 saturated heterocycles. The third-order valence-corrected chi connectivity index (χ3v) is 7.39. The lowest BCUT2D eigenvalue weighted by molar-refractivity contribution is 0.0782. The SMILES string of the molecule is CCC(c1ccc(C)cc1)N1CCN(c2nc(=O)n(C)c3ccc(C)nc23)CC1[C@@H](C)CC. The van der Waals surface area contributed by atoms with Crippen molar-refractivity contribution in [2.24, 2.45) is 13.0 Å². The number of benzene rings is 1. The number of nitrogens with zero attached hydrogens (tertiary/aromatic N) is 5. The van der Waals surface area contributed by atoms with Gasteiger partial charge >= 0.3 is 5.69 Å². The van der Waals surface area contributed by atoms with E-state index in [0.29, 0.717) is 18.0 Å². The van der Waals surface area contributed by atoms with Gasteiger partial charge in [0.15, 0.2) is 5.82 Å². The zero-order valence-corrected chi connectivity index (χ0v) is 20.9. The van der Waals surface area contributed by atoms with Crippen LogP contribution in [0.2, 0.25) is 0 Å². The summed E-state index contributed by atoms with van der Waals surface area (Å²) in [4.78, 5) is 26.9. The first kappa shape index (κ1) is 23.4. The molecule has 0 bridgehead atoms. The van der Waals surface area contributed by atoms with Crippen LogP contribution in [-0.2, 0) is 7.05 Å². The van der Waals surface area contributed by atoms with E-state index in [2.05, 4.69) is 66.7 Å². The van der Waals surface area contributed by atoms with Crippen LogP contribution >= 0.6 is 0 Å². The van der Waals surface area contributed by atoms with Gasteiger partial charge in [0.25, 0.3) is 0 Å². The second kappa shape index (κ2) is 9.64. The predicted molar refractivity (Wildman–Crippen MR) is 136 cm³/mol.